The van der Waals surface area contributed by atoms with Gasteiger partial charge in [0.15, 0.2) is 0 Å². The Hall–Kier alpha value is -4.03. The normalized spacial score (nSPS) is 14.4. The van der Waals surface area contributed by atoms with Crippen LogP contribution >= 0.6 is 0 Å². The zero-order chi connectivity index (χ0) is 30.6. The Labute approximate surface area is 235 Å². The van der Waals surface area contributed by atoms with E-state index in [2.05, 4.69) is 25.3 Å². The minimum absolute atomic E-state index is 0.0231. The van der Waals surface area contributed by atoms with Gasteiger partial charge in [-0.2, -0.15) is 10.2 Å². The van der Waals surface area contributed by atoms with Crippen LogP contribution in [0.25, 0.3) is 0 Å². The van der Waals surface area contributed by atoms with Gasteiger partial charge in [-0.15, -0.1) is 0 Å². The Morgan fingerprint density at radius 3 is 2.10 bits per heavy atom. The minimum atomic E-state index is -3.79. The molecule has 1 aromatic heterocycles. The second-order valence-corrected chi connectivity index (χ2v) is 10.1. The average Bonchev–Trinajstić information content (AvgIpc) is 2.96. The van der Waals surface area contributed by atoms with Gasteiger partial charge in [-0.05, 0) is 61.6 Å². The van der Waals surface area contributed by atoms with E-state index >= 15 is 0 Å². The summed E-state index contributed by atoms with van der Waals surface area (Å²) in [5.74, 6) is -1.46. The Bertz CT molecular complexity index is 1390. The Balaban J connectivity index is 0.000000383. The molecule has 41 heavy (non-hydrogen) atoms. The van der Waals surface area contributed by atoms with Crippen molar-refractivity contribution in [1.82, 2.24) is 10.3 Å². The van der Waals surface area contributed by atoms with Crippen LogP contribution in [0.5, 0.6) is 5.75 Å². The number of carboxylic acid groups (broad SMARTS) is 1. The Morgan fingerprint density at radius 2 is 1.54 bits per heavy atom. The van der Waals surface area contributed by atoms with Crippen LogP contribution in [-0.4, -0.2) is 99.7 Å². The number of rotatable bonds is 12. The zero-order valence-corrected chi connectivity index (χ0v) is 22.5. The maximum atomic E-state index is 12.3. The number of nitrogens with zero attached hydrogens (tertiary/aromatic N) is 3. The Morgan fingerprint density at radius 1 is 0.927 bits per heavy atom. The number of phenols is 1. The summed E-state index contributed by atoms with van der Waals surface area (Å²) in [6, 6.07) is 14.3. The van der Waals surface area contributed by atoms with E-state index < -0.39 is 47.0 Å². The molecule has 0 unspecified atom stereocenters. The molecule has 3 aromatic rings. The van der Waals surface area contributed by atoms with Crippen LogP contribution in [0, 0.1) is 0 Å². The minimum Gasteiger partial charge on any atom is -0.507 e. The highest BCUT2D eigenvalue weighted by Crippen LogP contribution is 2.26. The quantitative estimate of drug-likeness (QED) is 0.129. The Kier molecular flexibility index (Phi) is 12.7. The van der Waals surface area contributed by atoms with Crippen LogP contribution in [0.2, 0.25) is 0 Å². The molecule has 0 aliphatic carbocycles. The molecule has 0 fully saturated rings. The molecule has 3 rings (SSSR count). The van der Waals surface area contributed by atoms with Crippen molar-refractivity contribution < 1.29 is 49.0 Å². The predicted octanol–water partition coefficient (Wildman–Crippen LogP) is 0.343. The second kappa shape index (κ2) is 15.7. The number of hydrogen-bond donors (Lipinski definition) is 9. The number of likely N-dealkylation sites (N-methyl/N-ethyl adjacent to an activating group) is 1. The van der Waals surface area contributed by atoms with Crippen molar-refractivity contribution in [2.45, 2.75) is 29.3 Å². The van der Waals surface area contributed by atoms with Gasteiger partial charge in [0.1, 0.15) is 35.4 Å². The van der Waals surface area contributed by atoms with Gasteiger partial charge in [0.25, 0.3) is 10.0 Å². The predicted molar refractivity (Wildman–Crippen MR) is 146 cm³/mol. The first-order valence-corrected chi connectivity index (χ1v) is 13.4. The topological polar surface area (TPSA) is 254 Å². The van der Waals surface area contributed by atoms with E-state index in [4.69, 9.17) is 25.5 Å². The summed E-state index contributed by atoms with van der Waals surface area (Å²) in [5.41, 5.74) is 0.295. The number of pyridine rings is 1. The fraction of sp³-hybridized carbons (Fsp3) is 0.280. The molecule has 0 bridgehead atoms. The van der Waals surface area contributed by atoms with Crippen LogP contribution in [0.4, 0.5) is 17.2 Å². The molecular weight excluding hydrogens is 562 g/mol. The lowest BCUT2D eigenvalue weighted by Crippen LogP contribution is -2.48. The smallest absolute Gasteiger partial charge is 0.339 e. The van der Waals surface area contributed by atoms with Crippen LogP contribution < -0.4 is 10.0 Å². The first-order chi connectivity index (χ1) is 19.4. The lowest BCUT2D eigenvalue weighted by Gasteiger charge is -2.25. The van der Waals surface area contributed by atoms with Gasteiger partial charge in [0, 0.05) is 12.7 Å². The monoisotopic (exact) mass is 593 g/mol. The molecule has 0 amide bonds. The summed E-state index contributed by atoms with van der Waals surface area (Å²) >= 11 is 0. The fourth-order valence-electron chi connectivity index (χ4n) is 3.08. The molecule has 9 N–H and O–H groups in total. The van der Waals surface area contributed by atoms with Gasteiger partial charge in [-0.1, -0.05) is 6.07 Å². The van der Waals surface area contributed by atoms with E-state index in [0.717, 1.165) is 0 Å². The molecule has 0 radical (unpaired) electrons. The number of azo groups is 1. The van der Waals surface area contributed by atoms with E-state index in [1.165, 1.54) is 54.7 Å². The largest absolute Gasteiger partial charge is 0.507 e. The highest BCUT2D eigenvalue weighted by Gasteiger charge is 2.29. The second-order valence-electron chi connectivity index (χ2n) is 8.38. The average molecular weight is 594 g/mol. The molecule has 0 aliphatic heterocycles. The molecule has 0 spiro atoms. The number of anilines is 1. The van der Waals surface area contributed by atoms with E-state index in [1.54, 1.807) is 19.2 Å². The van der Waals surface area contributed by atoms with Crippen molar-refractivity contribution in [3.8, 4) is 5.75 Å². The van der Waals surface area contributed by atoms with Crippen molar-refractivity contribution in [2.24, 2.45) is 10.2 Å². The number of sulfonamides is 1. The van der Waals surface area contributed by atoms with E-state index in [9.17, 15) is 23.4 Å². The maximum Gasteiger partial charge on any atom is 0.339 e. The van der Waals surface area contributed by atoms with Gasteiger partial charge in [0.05, 0.1) is 29.0 Å². The number of nitrogens with one attached hydrogen (secondary N) is 2. The highest BCUT2D eigenvalue weighted by atomic mass is 32.2. The van der Waals surface area contributed by atoms with Gasteiger partial charge in [0.2, 0.25) is 0 Å². The zero-order valence-electron chi connectivity index (χ0n) is 21.7. The number of aromatic hydroxyl groups is 1. The third kappa shape index (κ3) is 10.1. The molecule has 16 heteroatoms. The summed E-state index contributed by atoms with van der Waals surface area (Å²) in [7, 11) is -2.22. The van der Waals surface area contributed by atoms with Crippen LogP contribution in [-0.2, 0) is 10.0 Å². The first kappa shape index (κ1) is 33.2. The first-order valence-electron chi connectivity index (χ1n) is 11.9. The molecule has 0 saturated carbocycles. The number of benzene rings is 2. The molecule has 4 atom stereocenters. The van der Waals surface area contributed by atoms with Crippen LogP contribution in [0.1, 0.15) is 10.4 Å². The summed E-state index contributed by atoms with van der Waals surface area (Å²) in [6.45, 7) is -0.569. The number of carboxylic acids is 1. The highest BCUT2D eigenvalue weighted by molar-refractivity contribution is 7.92. The SMILES string of the molecule is CNC[C@H](O)[C@@H](O)[C@H](O)[C@H](O)CO.O=C(O)c1cc(/N=N/c2ccc(S(=O)(=O)Nc3ccccn3)cc2)ccc1O. The molecule has 0 saturated heterocycles. The van der Waals surface area contributed by atoms with Gasteiger partial charge in [-0.25, -0.2) is 18.2 Å². The number of hydrogen-bond acceptors (Lipinski definition) is 13. The van der Waals surface area contributed by atoms with Crippen LogP contribution in [0.3, 0.4) is 0 Å². The van der Waals surface area contributed by atoms with Crippen molar-refractivity contribution in [3.63, 3.8) is 0 Å². The van der Waals surface area contributed by atoms with Gasteiger partial charge in [-0.3, -0.25) is 4.72 Å². The fourth-order valence-corrected chi connectivity index (χ4v) is 4.09. The molecule has 0 aliphatic rings. The lowest BCUT2D eigenvalue weighted by molar-refractivity contribution is -0.113. The number of aliphatic hydroxyl groups is 5. The molecule has 222 valence electrons. The van der Waals surface area contributed by atoms with Gasteiger partial charge >= 0.3 is 5.97 Å². The summed E-state index contributed by atoms with van der Waals surface area (Å²) in [6.07, 6.45) is -4.17. The maximum absolute atomic E-state index is 12.3. The van der Waals surface area contributed by atoms with E-state index in [1.807, 2.05) is 0 Å². The standard InChI is InChI=1S/C18H14N4O5S.C7H17NO5/c23-16-9-6-13(11-15(16)18(24)25)21-20-12-4-7-14(8-5-12)28(26,27)22-17-3-1-2-10-19-17;1-8-2-4(10)6(12)7(13)5(11)3-9/h1-11,23H,(H,19,22)(H,24,25);4-13H,2-3H2,1H3/b21-20+;/t;4-,5+,6+,7+/m.0/s1. The van der Waals surface area contributed by atoms with Crippen molar-refractivity contribution in [2.75, 3.05) is 24.9 Å². The third-order valence-corrected chi connectivity index (χ3v) is 6.65. The van der Waals surface area contributed by atoms with Crippen LogP contribution in [0.15, 0.2) is 82.0 Å². The number of aromatic nitrogens is 1. The molecule has 2 aromatic carbocycles. The summed E-state index contributed by atoms with van der Waals surface area (Å²) in [4.78, 5) is 14.9. The summed E-state index contributed by atoms with van der Waals surface area (Å²) in [5, 5.41) is 73.8. The third-order valence-electron chi connectivity index (χ3n) is 5.28. The number of aliphatic hydroxyl groups excluding tert-OH is 5. The molecular formula is C25H31N5O10S. The molecule has 1 heterocycles. The van der Waals surface area contributed by atoms with E-state index in [-0.39, 0.29) is 34.3 Å². The number of carbonyl (C=O) groups is 1. The van der Waals surface area contributed by atoms with Crippen molar-refractivity contribution >= 4 is 33.2 Å². The van der Waals surface area contributed by atoms with Crippen molar-refractivity contribution in [1.29, 1.82) is 0 Å². The van der Waals surface area contributed by atoms with Crippen molar-refractivity contribution in [3.05, 3.63) is 72.4 Å². The molecule has 15 nitrogen and oxygen atoms in total. The van der Waals surface area contributed by atoms with E-state index in [0.29, 0.717) is 5.69 Å². The number of aromatic carboxylic acids is 1. The van der Waals surface area contributed by atoms with Gasteiger partial charge < -0.3 is 41.1 Å². The lowest BCUT2D eigenvalue weighted by atomic mass is 10.0. The summed E-state index contributed by atoms with van der Waals surface area (Å²) < 4.78 is 27.0.